The van der Waals surface area contributed by atoms with E-state index in [2.05, 4.69) is 4.99 Å². The quantitative estimate of drug-likeness (QED) is 0.268. The van der Waals surface area contributed by atoms with Crippen molar-refractivity contribution >= 4 is 45.2 Å². The molecule has 148 valence electrons. The molecule has 3 aromatic rings. The molecule has 0 saturated carbocycles. The van der Waals surface area contributed by atoms with Crippen LogP contribution in [0.15, 0.2) is 59.6 Å². The van der Waals surface area contributed by atoms with E-state index in [1.54, 1.807) is 18.2 Å². The number of amides is 1. The molecular formula is C20H17N3O5S. The van der Waals surface area contributed by atoms with Gasteiger partial charge in [0.2, 0.25) is 0 Å². The second kappa shape index (κ2) is 9.07. The van der Waals surface area contributed by atoms with Crippen molar-refractivity contribution in [3.63, 3.8) is 0 Å². The Morgan fingerprint density at radius 1 is 1.21 bits per heavy atom. The second-order valence-electron chi connectivity index (χ2n) is 5.96. The highest BCUT2D eigenvalue weighted by molar-refractivity contribution is 7.16. The number of fused-ring (bicyclic) bond motifs is 1. The fraction of sp³-hybridized carbons (Fsp3) is 0.150. The van der Waals surface area contributed by atoms with Crippen LogP contribution in [0, 0.1) is 10.1 Å². The number of nitrogens with zero attached hydrogens (tertiary/aromatic N) is 3. The molecule has 9 heteroatoms. The number of nitro groups is 1. The van der Waals surface area contributed by atoms with Gasteiger partial charge < -0.3 is 9.30 Å². The van der Waals surface area contributed by atoms with Crippen LogP contribution >= 0.6 is 11.3 Å². The van der Waals surface area contributed by atoms with Crippen LogP contribution in [0.5, 0.6) is 0 Å². The lowest BCUT2D eigenvalue weighted by Gasteiger charge is -2.03. The molecule has 0 aliphatic heterocycles. The third kappa shape index (κ3) is 5.02. The first kappa shape index (κ1) is 20.2. The molecule has 3 rings (SSSR count). The first-order valence-corrected chi connectivity index (χ1v) is 9.46. The first-order valence-electron chi connectivity index (χ1n) is 8.64. The van der Waals surface area contributed by atoms with Crippen molar-refractivity contribution in [1.29, 1.82) is 0 Å². The predicted octanol–water partition coefficient (Wildman–Crippen LogP) is 3.31. The topological polar surface area (TPSA) is 104 Å². The Morgan fingerprint density at radius 2 is 1.93 bits per heavy atom. The third-order valence-corrected chi connectivity index (χ3v) is 5.14. The third-order valence-electron chi connectivity index (χ3n) is 4.08. The van der Waals surface area contributed by atoms with E-state index in [1.807, 2.05) is 28.8 Å². The van der Waals surface area contributed by atoms with Gasteiger partial charge in [-0.2, -0.15) is 4.99 Å². The Morgan fingerprint density at radius 3 is 2.62 bits per heavy atom. The monoisotopic (exact) mass is 411 g/mol. The molecule has 0 bridgehead atoms. The van der Waals surface area contributed by atoms with Crippen LogP contribution in [-0.4, -0.2) is 28.5 Å². The summed E-state index contributed by atoms with van der Waals surface area (Å²) in [6, 6.07) is 13.4. The fourth-order valence-electron chi connectivity index (χ4n) is 2.63. The summed E-state index contributed by atoms with van der Waals surface area (Å²) in [5.41, 5.74) is 1.51. The van der Waals surface area contributed by atoms with E-state index in [1.165, 1.54) is 36.7 Å². The number of para-hydroxylation sites is 1. The predicted molar refractivity (Wildman–Crippen MR) is 109 cm³/mol. The van der Waals surface area contributed by atoms with Crippen molar-refractivity contribution in [2.75, 3.05) is 7.11 Å². The molecule has 1 aromatic heterocycles. The van der Waals surface area contributed by atoms with E-state index in [-0.39, 0.29) is 18.1 Å². The standard InChI is InChI=1S/C20H17N3O5S/c1-28-19(25)12-13-22-16-4-2-3-5-17(16)29-20(22)21-18(24)11-8-14-6-9-15(10-7-14)23(26)27/h2-11H,12-13H2,1H3/b11-8+,21-20?. The van der Waals surface area contributed by atoms with Crippen LogP contribution in [0.25, 0.3) is 16.3 Å². The van der Waals surface area contributed by atoms with Crippen molar-refractivity contribution in [2.24, 2.45) is 4.99 Å². The summed E-state index contributed by atoms with van der Waals surface area (Å²) in [6.45, 7) is 0.342. The van der Waals surface area contributed by atoms with Gasteiger partial charge in [0.05, 0.1) is 28.7 Å². The SMILES string of the molecule is COC(=O)CCn1c(=NC(=O)/C=C/c2ccc([N+](=O)[O-])cc2)sc2ccccc21. The molecule has 0 spiro atoms. The first-order chi connectivity index (χ1) is 14.0. The summed E-state index contributed by atoms with van der Waals surface area (Å²) in [7, 11) is 1.33. The molecule has 0 fully saturated rings. The van der Waals surface area contributed by atoms with Crippen LogP contribution < -0.4 is 4.80 Å². The van der Waals surface area contributed by atoms with Crippen LogP contribution in [0.3, 0.4) is 0 Å². The highest BCUT2D eigenvalue weighted by Gasteiger charge is 2.09. The zero-order valence-electron chi connectivity index (χ0n) is 15.5. The van der Waals surface area contributed by atoms with E-state index < -0.39 is 10.8 Å². The lowest BCUT2D eigenvalue weighted by Crippen LogP contribution is -2.18. The van der Waals surface area contributed by atoms with Crippen molar-refractivity contribution in [3.05, 3.63) is 75.1 Å². The van der Waals surface area contributed by atoms with Gasteiger partial charge in [-0.25, -0.2) is 0 Å². The lowest BCUT2D eigenvalue weighted by atomic mass is 10.2. The Kier molecular flexibility index (Phi) is 6.30. The van der Waals surface area contributed by atoms with Crippen LogP contribution in [0.2, 0.25) is 0 Å². The van der Waals surface area contributed by atoms with Crippen LogP contribution in [0.1, 0.15) is 12.0 Å². The van der Waals surface area contributed by atoms with Gasteiger partial charge in [-0.05, 0) is 35.9 Å². The molecule has 29 heavy (non-hydrogen) atoms. The van der Waals surface area contributed by atoms with E-state index >= 15 is 0 Å². The average Bonchev–Trinajstić information content (AvgIpc) is 3.07. The number of ether oxygens (including phenoxy) is 1. The highest BCUT2D eigenvalue weighted by atomic mass is 32.1. The van der Waals surface area contributed by atoms with Gasteiger partial charge in [0.25, 0.3) is 11.6 Å². The van der Waals surface area contributed by atoms with Gasteiger partial charge in [-0.3, -0.25) is 19.7 Å². The maximum atomic E-state index is 12.3. The number of aryl methyl sites for hydroxylation is 1. The molecule has 0 unspecified atom stereocenters. The largest absolute Gasteiger partial charge is 0.469 e. The molecule has 0 aliphatic rings. The molecular weight excluding hydrogens is 394 g/mol. The number of hydrogen-bond donors (Lipinski definition) is 0. The molecule has 8 nitrogen and oxygen atoms in total. The number of carbonyl (C=O) groups excluding carboxylic acids is 2. The molecule has 0 radical (unpaired) electrons. The number of rotatable bonds is 6. The van der Waals surface area contributed by atoms with Crippen molar-refractivity contribution in [3.8, 4) is 0 Å². The number of non-ortho nitro benzene ring substituents is 1. The number of benzene rings is 2. The van der Waals surface area contributed by atoms with Gasteiger partial charge >= 0.3 is 5.97 Å². The van der Waals surface area contributed by atoms with E-state index in [0.29, 0.717) is 16.9 Å². The van der Waals surface area contributed by atoms with E-state index in [4.69, 9.17) is 4.74 Å². The highest BCUT2D eigenvalue weighted by Crippen LogP contribution is 2.17. The minimum Gasteiger partial charge on any atom is -0.469 e. The molecule has 0 aliphatic carbocycles. The molecule has 0 N–H and O–H groups in total. The zero-order valence-corrected chi connectivity index (χ0v) is 16.3. The summed E-state index contributed by atoms with van der Waals surface area (Å²) in [5.74, 6) is -0.815. The number of nitro benzene ring substituents is 1. The summed E-state index contributed by atoms with van der Waals surface area (Å²) in [4.78, 5) is 38.7. The Balaban J connectivity index is 1.87. The summed E-state index contributed by atoms with van der Waals surface area (Å²) < 4.78 is 7.45. The smallest absolute Gasteiger partial charge is 0.307 e. The maximum absolute atomic E-state index is 12.3. The second-order valence-corrected chi connectivity index (χ2v) is 6.97. The molecule has 0 saturated heterocycles. The number of carbonyl (C=O) groups is 2. The molecule has 1 amide bonds. The van der Waals surface area contributed by atoms with Gasteiger partial charge in [0.1, 0.15) is 0 Å². The van der Waals surface area contributed by atoms with Gasteiger partial charge in [-0.15, -0.1) is 0 Å². The fourth-order valence-corrected chi connectivity index (χ4v) is 3.70. The van der Waals surface area contributed by atoms with Crippen molar-refractivity contribution in [1.82, 2.24) is 4.57 Å². The van der Waals surface area contributed by atoms with E-state index in [9.17, 15) is 19.7 Å². The van der Waals surface area contributed by atoms with Crippen LogP contribution in [0.4, 0.5) is 5.69 Å². The average molecular weight is 411 g/mol. The normalized spacial score (nSPS) is 11.8. The van der Waals surface area contributed by atoms with Crippen LogP contribution in [-0.2, 0) is 20.9 Å². The van der Waals surface area contributed by atoms with Crippen molar-refractivity contribution < 1.29 is 19.2 Å². The number of methoxy groups -OCH3 is 1. The molecule has 1 heterocycles. The summed E-state index contributed by atoms with van der Waals surface area (Å²) in [5, 5.41) is 10.7. The molecule has 2 aromatic carbocycles. The van der Waals surface area contributed by atoms with Gasteiger partial charge in [0.15, 0.2) is 4.80 Å². The Bertz CT molecular complexity index is 1160. The molecule has 0 atom stereocenters. The van der Waals surface area contributed by atoms with Gasteiger partial charge in [-0.1, -0.05) is 23.5 Å². The number of thiazole rings is 1. The minimum atomic E-state index is -0.484. The minimum absolute atomic E-state index is 0.0184. The number of hydrogen-bond acceptors (Lipinski definition) is 6. The Hall–Kier alpha value is -3.59. The Labute approximate surface area is 169 Å². The summed E-state index contributed by atoms with van der Waals surface area (Å²) in [6.07, 6.45) is 3.01. The summed E-state index contributed by atoms with van der Waals surface area (Å²) >= 11 is 1.35. The lowest BCUT2D eigenvalue weighted by molar-refractivity contribution is -0.384. The van der Waals surface area contributed by atoms with E-state index in [0.717, 1.165) is 10.2 Å². The number of esters is 1. The van der Waals surface area contributed by atoms with Crippen molar-refractivity contribution in [2.45, 2.75) is 13.0 Å². The maximum Gasteiger partial charge on any atom is 0.307 e. The number of aromatic nitrogens is 1. The van der Waals surface area contributed by atoms with Gasteiger partial charge in [0, 0.05) is 24.8 Å². The zero-order chi connectivity index (χ0) is 20.8.